The van der Waals surface area contributed by atoms with Gasteiger partial charge in [0.1, 0.15) is 11.6 Å². The van der Waals surface area contributed by atoms with E-state index in [9.17, 15) is 9.18 Å². The standard InChI is InChI=1S/C15H12BrFO2/c1-19-13-6-7-14(16)11(8-13)9-15(18)10-2-4-12(17)5-3-10/h2-8H,9H2,1H3. The number of hydrogen-bond donors (Lipinski definition) is 0. The van der Waals surface area contributed by atoms with Crippen LogP contribution in [0, 0.1) is 5.82 Å². The zero-order valence-electron chi connectivity index (χ0n) is 10.3. The minimum atomic E-state index is -0.348. The molecule has 0 amide bonds. The van der Waals surface area contributed by atoms with Crippen molar-refractivity contribution in [1.82, 2.24) is 0 Å². The number of methoxy groups -OCH3 is 1. The highest BCUT2D eigenvalue weighted by atomic mass is 79.9. The first-order chi connectivity index (χ1) is 9.10. The van der Waals surface area contributed by atoms with Gasteiger partial charge in [0, 0.05) is 16.5 Å². The van der Waals surface area contributed by atoms with Gasteiger partial charge in [0.2, 0.25) is 0 Å². The van der Waals surface area contributed by atoms with Crippen LogP contribution in [0.15, 0.2) is 46.9 Å². The van der Waals surface area contributed by atoms with Crippen LogP contribution < -0.4 is 4.74 Å². The van der Waals surface area contributed by atoms with E-state index in [1.54, 1.807) is 7.11 Å². The van der Waals surface area contributed by atoms with Crippen molar-refractivity contribution in [3.05, 3.63) is 63.9 Å². The number of hydrogen-bond acceptors (Lipinski definition) is 2. The van der Waals surface area contributed by atoms with E-state index in [1.807, 2.05) is 18.2 Å². The lowest BCUT2D eigenvalue weighted by Gasteiger charge is -2.07. The van der Waals surface area contributed by atoms with Crippen LogP contribution in [-0.2, 0) is 6.42 Å². The van der Waals surface area contributed by atoms with Gasteiger partial charge in [-0.25, -0.2) is 4.39 Å². The third kappa shape index (κ3) is 3.41. The average Bonchev–Trinajstić information content (AvgIpc) is 2.42. The first kappa shape index (κ1) is 13.7. The number of Topliss-reactive ketones (excluding diaryl/α,β-unsaturated/α-hetero) is 1. The molecule has 0 bridgehead atoms. The summed E-state index contributed by atoms with van der Waals surface area (Å²) in [4.78, 5) is 12.1. The Labute approximate surface area is 119 Å². The predicted octanol–water partition coefficient (Wildman–Crippen LogP) is 4.02. The summed E-state index contributed by atoms with van der Waals surface area (Å²) in [6.07, 6.45) is 0.239. The Hall–Kier alpha value is -1.68. The van der Waals surface area contributed by atoms with E-state index in [1.165, 1.54) is 24.3 Å². The van der Waals surface area contributed by atoms with Crippen molar-refractivity contribution >= 4 is 21.7 Å². The summed E-state index contributed by atoms with van der Waals surface area (Å²) in [5.41, 5.74) is 1.34. The van der Waals surface area contributed by atoms with Gasteiger partial charge in [-0.3, -0.25) is 4.79 Å². The van der Waals surface area contributed by atoms with Crippen LogP contribution in [0.4, 0.5) is 4.39 Å². The van der Waals surface area contributed by atoms with Crippen LogP contribution in [0.25, 0.3) is 0 Å². The molecule has 0 N–H and O–H groups in total. The maximum Gasteiger partial charge on any atom is 0.167 e. The largest absolute Gasteiger partial charge is 0.497 e. The third-order valence-electron chi connectivity index (χ3n) is 2.77. The second kappa shape index (κ2) is 5.97. The molecule has 0 saturated carbocycles. The fourth-order valence-corrected chi connectivity index (χ4v) is 2.11. The SMILES string of the molecule is COc1ccc(Br)c(CC(=O)c2ccc(F)cc2)c1. The van der Waals surface area contributed by atoms with E-state index >= 15 is 0 Å². The smallest absolute Gasteiger partial charge is 0.167 e. The van der Waals surface area contributed by atoms with Crippen LogP contribution in [0.5, 0.6) is 5.75 Å². The number of rotatable bonds is 4. The fraction of sp³-hybridized carbons (Fsp3) is 0.133. The lowest BCUT2D eigenvalue weighted by Crippen LogP contribution is -2.04. The normalized spacial score (nSPS) is 10.3. The molecule has 0 aliphatic heterocycles. The van der Waals surface area contributed by atoms with Gasteiger partial charge in [-0.05, 0) is 48.0 Å². The molecule has 98 valence electrons. The monoisotopic (exact) mass is 322 g/mol. The quantitative estimate of drug-likeness (QED) is 0.795. The Morgan fingerprint density at radius 1 is 1.21 bits per heavy atom. The van der Waals surface area contributed by atoms with Crippen LogP contribution in [0.2, 0.25) is 0 Å². The fourth-order valence-electron chi connectivity index (χ4n) is 1.72. The van der Waals surface area contributed by atoms with Crippen molar-refractivity contribution in [3.8, 4) is 5.75 Å². The van der Waals surface area contributed by atoms with Crippen molar-refractivity contribution < 1.29 is 13.9 Å². The van der Waals surface area contributed by atoms with Gasteiger partial charge in [0.15, 0.2) is 5.78 Å². The van der Waals surface area contributed by atoms with E-state index in [2.05, 4.69) is 15.9 Å². The molecule has 2 aromatic rings. The first-order valence-electron chi connectivity index (χ1n) is 5.71. The van der Waals surface area contributed by atoms with Gasteiger partial charge >= 0.3 is 0 Å². The van der Waals surface area contributed by atoms with Crippen LogP contribution in [-0.4, -0.2) is 12.9 Å². The molecule has 0 aliphatic rings. The van der Waals surface area contributed by atoms with E-state index in [0.717, 1.165) is 10.0 Å². The zero-order chi connectivity index (χ0) is 13.8. The van der Waals surface area contributed by atoms with Gasteiger partial charge in [0.25, 0.3) is 0 Å². The second-order valence-corrected chi connectivity index (χ2v) is 4.92. The predicted molar refractivity (Wildman–Crippen MR) is 75.1 cm³/mol. The molecule has 4 heteroatoms. The van der Waals surface area contributed by atoms with Crippen molar-refractivity contribution in [2.75, 3.05) is 7.11 Å². The highest BCUT2D eigenvalue weighted by molar-refractivity contribution is 9.10. The Bertz CT molecular complexity index is 594. The zero-order valence-corrected chi connectivity index (χ0v) is 11.9. The second-order valence-electron chi connectivity index (χ2n) is 4.06. The van der Waals surface area contributed by atoms with Crippen LogP contribution in [0.3, 0.4) is 0 Å². The Morgan fingerprint density at radius 2 is 1.89 bits per heavy atom. The van der Waals surface area contributed by atoms with Crippen molar-refractivity contribution in [2.45, 2.75) is 6.42 Å². The molecule has 0 aliphatic carbocycles. The maximum atomic E-state index is 12.8. The van der Waals surface area contributed by atoms with Crippen molar-refractivity contribution in [1.29, 1.82) is 0 Å². The van der Waals surface area contributed by atoms with Crippen molar-refractivity contribution in [2.24, 2.45) is 0 Å². The summed E-state index contributed by atoms with van der Waals surface area (Å²) in [5, 5.41) is 0. The number of ether oxygens (including phenoxy) is 1. The van der Waals surface area contributed by atoms with Gasteiger partial charge in [-0.1, -0.05) is 15.9 Å². The molecule has 2 aromatic carbocycles. The molecule has 0 unspecified atom stereocenters. The topological polar surface area (TPSA) is 26.3 Å². The van der Waals surface area contributed by atoms with Gasteiger partial charge in [-0.2, -0.15) is 0 Å². The number of halogens is 2. The third-order valence-corrected chi connectivity index (χ3v) is 3.54. The molecular formula is C15H12BrFO2. The maximum absolute atomic E-state index is 12.8. The molecule has 2 nitrogen and oxygen atoms in total. The molecule has 2 rings (SSSR count). The Morgan fingerprint density at radius 3 is 2.53 bits per heavy atom. The first-order valence-corrected chi connectivity index (χ1v) is 6.50. The molecule has 0 heterocycles. The Kier molecular flexibility index (Phi) is 4.32. The summed E-state index contributed by atoms with van der Waals surface area (Å²) in [6, 6.07) is 11.0. The van der Waals surface area contributed by atoms with E-state index in [4.69, 9.17) is 4.74 Å². The molecule has 0 saturated heterocycles. The van der Waals surface area contributed by atoms with Gasteiger partial charge in [0.05, 0.1) is 7.11 Å². The summed E-state index contributed by atoms with van der Waals surface area (Å²) in [7, 11) is 1.58. The van der Waals surface area contributed by atoms with Crippen molar-refractivity contribution in [3.63, 3.8) is 0 Å². The highest BCUT2D eigenvalue weighted by Gasteiger charge is 2.10. The van der Waals surface area contributed by atoms with Gasteiger partial charge < -0.3 is 4.74 Å². The molecule has 19 heavy (non-hydrogen) atoms. The van der Waals surface area contributed by atoms with Gasteiger partial charge in [-0.15, -0.1) is 0 Å². The van der Waals surface area contributed by atoms with E-state index < -0.39 is 0 Å². The van der Waals surface area contributed by atoms with E-state index in [-0.39, 0.29) is 18.0 Å². The Balaban J connectivity index is 2.21. The average molecular weight is 323 g/mol. The minimum absolute atomic E-state index is 0.0612. The summed E-state index contributed by atoms with van der Waals surface area (Å²) in [5.74, 6) is 0.290. The molecular weight excluding hydrogens is 311 g/mol. The molecule has 0 spiro atoms. The minimum Gasteiger partial charge on any atom is -0.497 e. The number of benzene rings is 2. The lowest BCUT2D eigenvalue weighted by atomic mass is 10.0. The summed E-state index contributed by atoms with van der Waals surface area (Å²) in [6.45, 7) is 0. The van der Waals surface area contributed by atoms with Crippen LogP contribution >= 0.6 is 15.9 Å². The van der Waals surface area contributed by atoms with E-state index in [0.29, 0.717) is 11.3 Å². The number of ketones is 1. The molecule has 0 atom stereocenters. The highest BCUT2D eigenvalue weighted by Crippen LogP contribution is 2.24. The molecule has 0 fully saturated rings. The number of carbonyl (C=O) groups excluding carboxylic acids is 1. The molecule has 0 aromatic heterocycles. The summed E-state index contributed by atoms with van der Waals surface area (Å²) < 4.78 is 18.8. The number of carbonyl (C=O) groups is 1. The van der Waals surface area contributed by atoms with Crippen LogP contribution in [0.1, 0.15) is 15.9 Å². The molecule has 0 radical (unpaired) electrons. The summed E-state index contributed by atoms with van der Waals surface area (Å²) >= 11 is 3.40. The lowest BCUT2D eigenvalue weighted by molar-refractivity contribution is 0.0992.